The lowest BCUT2D eigenvalue weighted by molar-refractivity contribution is 0.402. The first-order chi connectivity index (χ1) is 11.9. The van der Waals surface area contributed by atoms with E-state index in [0.717, 1.165) is 24.5 Å². The van der Waals surface area contributed by atoms with Crippen LogP contribution >= 0.6 is 0 Å². The first-order valence-electron chi connectivity index (χ1n) is 9.76. The smallest absolute Gasteiger partial charge is 0.0732 e. The van der Waals surface area contributed by atoms with Crippen molar-refractivity contribution in [3.63, 3.8) is 0 Å². The number of nitrogens with zero attached hydrogens (tertiary/aromatic N) is 1. The van der Waals surface area contributed by atoms with E-state index in [1.54, 1.807) is 6.20 Å². The third-order valence-electron chi connectivity index (χ3n) is 5.45. The summed E-state index contributed by atoms with van der Waals surface area (Å²) in [5.74, 6) is 1.23. The summed E-state index contributed by atoms with van der Waals surface area (Å²) in [4.78, 5) is 4.73. The van der Waals surface area contributed by atoms with Gasteiger partial charge in [-0.15, -0.1) is 0 Å². The largest absolute Gasteiger partial charge is 0.257 e. The Morgan fingerprint density at radius 2 is 1.92 bits per heavy atom. The van der Waals surface area contributed by atoms with Crippen LogP contribution in [0.4, 0.5) is 0 Å². The Hall–Kier alpha value is -1.63. The molecule has 0 bridgehead atoms. The second kappa shape index (κ2) is 9.75. The molecule has 0 saturated heterocycles. The van der Waals surface area contributed by atoms with E-state index in [4.69, 9.17) is 4.99 Å². The Kier molecular flexibility index (Phi) is 8.35. The van der Waals surface area contributed by atoms with Gasteiger partial charge in [0.15, 0.2) is 0 Å². The van der Waals surface area contributed by atoms with Gasteiger partial charge in [0.25, 0.3) is 0 Å². The average molecular weight is 340 g/mol. The third-order valence-corrected chi connectivity index (χ3v) is 5.45. The molecule has 1 aliphatic carbocycles. The lowest BCUT2D eigenvalue weighted by Gasteiger charge is -2.29. The van der Waals surface area contributed by atoms with E-state index in [-0.39, 0.29) is 5.41 Å². The summed E-state index contributed by atoms with van der Waals surface area (Å²) in [6.07, 6.45) is 16.6. The summed E-state index contributed by atoms with van der Waals surface area (Å²) in [6, 6.07) is 0. The predicted molar refractivity (Wildman–Crippen MR) is 114 cm³/mol. The SMILES string of the molecule is C=CN=C(C(/C=C\C)=C(C)C)/C(=C/C)C(CC)C1(C=CCC)CC1C. The van der Waals surface area contributed by atoms with Gasteiger partial charge in [-0.1, -0.05) is 63.3 Å². The Morgan fingerprint density at radius 1 is 1.28 bits per heavy atom. The number of hydrogen-bond acceptors (Lipinski definition) is 1. The molecule has 3 atom stereocenters. The van der Waals surface area contributed by atoms with E-state index in [1.807, 2.05) is 0 Å². The van der Waals surface area contributed by atoms with Gasteiger partial charge in [-0.2, -0.15) is 0 Å². The maximum absolute atomic E-state index is 4.73. The molecule has 0 N–H and O–H groups in total. The number of aliphatic imine (C=N–C) groups is 1. The molecule has 1 fully saturated rings. The maximum atomic E-state index is 4.73. The van der Waals surface area contributed by atoms with Crippen LogP contribution in [0.5, 0.6) is 0 Å². The lowest BCUT2D eigenvalue weighted by atomic mass is 9.75. The molecule has 0 aromatic heterocycles. The normalized spacial score (nSPS) is 25.5. The van der Waals surface area contributed by atoms with Gasteiger partial charge in [0.1, 0.15) is 0 Å². The molecular weight excluding hydrogens is 302 g/mol. The van der Waals surface area contributed by atoms with Crippen LogP contribution in [0.2, 0.25) is 0 Å². The van der Waals surface area contributed by atoms with Gasteiger partial charge in [0.2, 0.25) is 0 Å². The topological polar surface area (TPSA) is 12.4 Å². The lowest BCUT2D eigenvalue weighted by Crippen LogP contribution is -2.24. The highest BCUT2D eigenvalue weighted by Gasteiger charge is 2.54. The van der Waals surface area contributed by atoms with E-state index in [1.165, 1.54) is 23.1 Å². The minimum atomic E-state index is 0.289. The van der Waals surface area contributed by atoms with Crippen LogP contribution in [-0.2, 0) is 0 Å². The summed E-state index contributed by atoms with van der Waals surface area (Å²) in [5.41, 5.74) is 5.25. The summed E-state index contributed by atoms with van der Waals surface area (Å²) in [5, 5.41) is 0. The van der Waals surface area contributed by atoms with E-state index in [2.05, 4.69) is 85.4 Å². The Morgan fingerprint density at radius 3 is 2.28 bits per heavy atom. The fraction of sp³-hybridized carbons (Fsp3) is 0.542. The Labute approximate surface area is 156 Å². The van der Waals surface area contributed by atoms with Gasteiger partial charge in [0.05, 0.1) is 5.71 Å². The fourth-order valence-electron chi connectivity index (χ4n) is 4.08. The van der Waals surface area contributed by atoms with Crippen molar-refractivity contribution in [1.82, 2.24) is 0 Å². The van der Waals surface area contributed by atoms with Crippen LogP contribution in [0, 0.1) is 17.3 Å². The highest BCUT2D eigenvalue weighted by Crippen LogP contribution is 2.62. The molecule has 0 radical (unpaired) electrons. The van der Waals surface area contributed by atoms with Crippen LogP contribution in [0.15, 0.2) is 64.9 Å². The zero-order valence-corrected chi connectivity index (χ0v) is 17.4. The van der Waals surface area contributed by atoms with Crippen molar-refractivity contribution in [3.05, 3.63) is 59.9 Å². The van der Waals surface area contributed by atoms with Crippen LogP contribution in [0.25, 0.3) is 0 Å². The second-order valence-electron chi connectivity index (χ2n) is 7.31. The van der Waals surface area contributed by atoms with Gasteiger partial charge in [0, 0.05) is 6.20 Å². The molecule has 0 aromatic rings. The Balaban J connectivity index is 3.46. The molecule has 1 saturated carbocycles. The molecule has 3 unspecified atom stereocenters. The quantitative estimate of drug-likeness (QED) is 0.235. The number of allylic oxidation sites excluding steroid dienone is 8. The number of hydrogen-bond donors (Lipinski definition) is 0. The van der Waals surface area contributed by atoms with Crippen molar-refractivity contribution in [2.75, 3.05) is 0 Å². The molecule has 138 valence electrons. The van der Waals surface area contributed by atoms with Gasteiger partial charge < -0.3 is 0 Å². The number of rotatable bonds is 9. The predicted octanol–water partition coefficient (Wildman–Crippen LogP) is 7.45. The standard InChI is InChI=1S/C24H37N/c1-9-14-16-24(17-19(24)8)22(12-4)20(11-3)23(25-13-5)21(15-10-2)18(6)7/h10-11,13-16,19,22H,5,9,12,17H2,1-4,6-8H3/b15-10-,16-14?,20-11+,25-23?. The summed E-state index contributed by atoms with van der Waals surface area (Å²) < 4.78 is 0. The molecular formula is C24H37N. The molecule has 0 amide bonds. The van der Waals surface area contributed by atoms with E-state index in [9.17, 15) is 0 Å². The molecule has 1 heteroatoms. The maximum Gasteiger partial charge on any atom is 0.0732 e. The molecule has 0 heterocycles. The third kappa shape index (κ3) is 4.71. The van der Waals surface area contributed by atoms with E-state index >= 15 is 0 Å². The molecule has 1 rings (SSSR count). The molecule has 25 heavy (non-hydrogen) atoms. The fourth-order valence-corrected chi connectivity index (χ4v) is 4.08. The van der Waals surface area contributed by atoms with E-state index in [0.29, 0.717) is 5.92 Å². The van der Waals surface area contributed by atoms with Crippen molar-refractivity contribution in [2.45, 2.75) is 67.7 Å². The van der Waals surface area contributed by atoms with Crippen molar-refractivity contribution < 1.29 is 0 Å². The summed E-state index contributed by atoms with van der Waals surface area (Å²) in [7, 11) is 0. The van der Waals surface area contributed by atoms with Crippen molar-refractivity contribution >= 4 is 5.71 Å². The minimum absolute atomic E-state index is 0.289. The van der Waals surface area contributed by atoms with Crippen LogP contribution < -0.4 is 0 Å². The molecule has 0 spiro atoms. The van der Waals surface area contributed by atoms with Gasteiger partial charge in [-0.05, 0) is 75.4 Å². The summed E-state index contributed by atoms with van der Waals surface area (Å²) in [6.45, 7) is 19.3. The van der Waals surface area contributed by atoms with Gasteiger partial charge >= 0.3 is 0 Å². The molecule has 0 aromatic carbocycles. The minimum Gasteiger partial charge on any atom is -0.257 e. The average Bonchev–Trinajstić information content (AvgIpc) is 3.24. The first-order valence-corrected chi connectivity index (χ1v) is 9.76. The Bertz CT molecular complexity index is 608. The second-order valence-corrected chi connectivity index (χ2v) is 7.31. The van der Waals surface area contributed by atoms with Crippen molar-refractivity contribution in [1.29, 1.82) is 0 Å². The van der Waals surface area contributed by atoms with Gasteiger partial charge in [-0.25, -0.2) is 0 Å². The van der Waals surface area contributed by atoms with Gasteiger partial charge in [-0.3, -0.25) is 4.99 Å². The highest BCUT2D eigenvalue weighted by molar-refractivity contribution is 6.15. The van der Waals surface area contributed by atoms with Crippen LogP contribution in [0.1, 0.15) is 67.7 Å². The van der Waals surface area contributed by atoms with Crippen LogP contribution in [0.3, 0.4) is 0 Å². The molecule has 1 nitrogen and oxygen atoms in total. The molecule has 1 aliphatic rings. The van der Waals surface area contributed by atoms with Crippen molar-refractivity contribution in [2.24, 2.45) is 22.2 Å². The van der Waals surface area contributed by atoms with Crippen LogP contribution in [-0.4, -0.2) is 5.71 Å². The highest BCUT2D eigenvalue weighted by atomic mass is 14.7. The monoisotopic (exact) mass is 339 g/mol. The van der Waals surface area contributed by atoms with Crippen molar-refractivity contribution in [3.8, 4) is 0 Å². The zero-order valence-electron chi connectivity index (χ0n) is 17.4. The molecule has 0 aliphatic heterocycles. The first kappa shape index (κ1) is 21.4. The summed E-state index contributed by atoms with van der Waals surface area (Å²) >= 11 is 0. The zero-order chi connectivity index (χ0) is 19.0. The van der Waals surface area contributed by atoms with E-state index < -0.39 is 0 Å².